The summed E-state index contributed by atoms with van der Waals surface area (Å²) in [5.41, 5.74) is 0. The van der Waals surface area contributed by atoms with E-state index in [1.165, 1.54) is 0 Å². The molecule has 0 radical (unpaired) electrons. The van der Waals surface area contributed by atoms with E-state index >= 15 is 0 Å². The minimum absolute atomic E-state index is 0. The second-order valence-electron chi connectivity index (χ2n) is 1.31. The summed E-state index contributed by atoms with van der Waals surface area (Å²) < 4.78 is 0. The van der Waals surface area contributed by atoms with E-state index in [0.717, 1.165) is 25.5 Å². The van der Waals surface area contributed by atoms with Crippen molar-refractivity contribution in [1.29, 1.82) is 0 Å². The molecule has 0 spiro atoms. The van der Waals surface area contributed by atoms with E-state index in [2.05, 4.69) is 6.92 Å². The molecule has 0 saturated heterocycles. The van der Waals surface area contributed by atoms with Crippen LogP contribution in [0.25, 0.3) is 0 Å². The molecule has 0 aliphatic carbocycles. The van der Waals surface area contributed by atoms with Crippen LogP contribution in [0.1, 0.15) is 26.2 Å². The Morgan fingerprint density at radius 1 is 1.57 bits per heavy atom. The molecule has 0 N–H and O–H groups in total. The molecule has 0 rings (SSSR count). The molecule has 0 amide bonds. The summed E-state index contributed by atoms with van der Waals surface area (Å²) in [5, 5.41) is 0. The number of hydrogen-bond acceptors (Lipinski definition) is 1. The number of hydrogen-bond donors (Lipinski definition) is 0. The number of aldehydes is 1. The van der Waals surface area contributed by atoms with Crippen LogP contribution >= 0.6 is 0 Å². The minimum atomic E-state index is 0. The van der Waals surface area contributed by atoms with Crippen LogP contribution in [0.5, 0.6) is 0 Å². The summed E-state index contributed by atoms with van der Waals surface area (Å²) in [7, 11) is 0. The quantitative estimate of drug-likeness (QED) is 0.361. The average molecular weight is 209 g/mol. The Kier molecular flexibility index (Phi) is 14.5. The monoisotopic (exact) mass is 210 g/mol. The van der Waals surface area contributed by atoms with Gasteiger partial charge in [-0.15, -0.1) is 0 Å². The van der Waals surface area contributed by atoms with E-state index in [1.54, 1.807) is 0 Å². The molecule has 0 fully saturated rings. The predicted octanol–water partition coefficient (Wildman–Crippen LogP) is -0.0761. The summed E-state index contributed by atoms with van der Waals surface area (Å²) >= 11 is 0. The molecular weight excluding hydrogens is 195 g/mol. The van der Waals surface area contributed by atoms with Gasteiger partial charge in [0.1, 0.15) is 6.29 Å². The Bertz CT molecular complexity index is 37.1. The van der Waals surface area contributed by atoms with Crippen LogP contribution in [0.4, 0.5) is 0 Å². The van der Waals surface area contributed by atoms with E-state index in [1.807, 2.05) is 0 Å². The molecule has 0 heterocycles. The molecule has 0 aromatic heterocycles. The number of carbonyl (C=O) groups excluding carboxylic acids is 1. The first-order valence-electron chi connectivity index (χ1n) is 2.35. The second kappa shape index (κ2) is 9.69. The van der Waals surface area contributed by atoms with Gasteiger partial charge in [0.25, 0.3) is 0 Å². The van der Waals surface area contributed by atoms with Gasteiger partial charge in [-0.1, -0.05) is 13.3 Å². The molecule has 0 aliphatic heterocycles. The van der Waals surface area contributed by atoms with Gasteiger partial charge in [-0.2, -0.15) is 0 Å². The summed E-state index contributed by atoms with van der Waals surface area (Å²) in [6, 6.07) is 0. The van der Waals surface area contributed by atoms with Gasteiger partial charge in [0, 0.05) is 6.42 Å². The molecule has 0 saturated carbocycles. The fourth-order valence-corrected chi connectivity index (χ4v) is 0.287. The van der Waals surface area contributed by atoms with E-state index in [0.29, 0.717) is 0 Å². The second-order valence-corrected chi connectivity index (χ2v) is 1.31. The molecule has 0 atom stereocenters. The van der Waals surface area contributed by atoms with Gasteiger partial charge >= 0.3 is 23.9 Å². The van der Waals surface area contributed by atoms with Crippen molar-refractivity contribution in [2.45, 2.75) is 26.2 Å². The zero-order valence-electron chi connectivity index (χ0n) is 4.11. The van der Waals surface area contributed by atoms with Crippen molar-refractivity contribution in [2.24, 2.45) is 0 Å². The third kappa shape index (κ3) is 10.7. The maximum absolute atomic E-state index is 9.56. The first-order chi connectivity index (χ1) is 2.91. The molecule has 0 aromatic rings. The Hall–Kier alpha value is 0.469. The van der Waals surface area contributed by atoms with Gasteiger partial charge in [0.15, 0.2) is 0 Å². The number of unbranched alkanes of at least 4 members (excludes halogenated alkanes) is 2. The summed E-state index contributed by atoms with van der Waals surface area (Å²) in [6.45, 7) is 2.07. The van der Waals surface area contributed by atoms with Gasteiger partial charge in [0.2, 0.25) is 0 Å². The van der Waals surface area contributed by atoms with Crippen LogP contribution in [-0.2, 0) is 4.79 Å². The molecule has 0 aliphatic rings. The van der Waals surface area contributed by atoms with Crippen LogP contribution in [0, 0.1) is 0 Å². The van der Waals surface area contributed by atoms with Crippen LogP contribution in [0.15, 0.2) is 0 Å². The van der Waals surface area contributed by atoms with Crippen molar-refractivity contribution in [1.82, 2.24) is 0 Å². The SMILES string of the molecule is CCCCC=O.[SnH4]. The predicted molar refractivity (Wildman–Crippen MR) is 36.9 cm³/mol. The Morgan fingerprint density at radius 3 is 2.29 bits per heavy atom. The Balaban J connectivity index is 0. The first-order valence-corrected chi connectivity index (χ1v) is 2.35. The van der Waals surface area contributed by atoms with E-state index in [4.69, 9.17) is 0 Å². The summed E-state index contributed by atoms with van der Waals surface area (Å²) in [4.78, 5) is 9.56. The number of rotatable bonds is 3. The molecule has 7 heavy (non-hydrogen) atoms. The van der Waals surface area contributed by atoms with Gasteiger partial charge in [0.05, 0.1) is 0 Å². The van der Waals surface area contributed by atoms with E-state index in [9.17, 15) is 4.79 Å². The van der Waals surface area contributed by atoms with Gasteiger partial charge in [-0.3, -0.25) is 0 Å². The summed E-state index contributed by atoms with van der Waals surface area (Å²) in [5.74, 6) is 0. The van der Waals surface area contributed by atoms with Crippen molar-refractivity contribution < 1.29 is 4.79 Å². The van der Waals surface area contributed by atoms with Gasteiger partial charge in [-0.25, -0.2) is 0 Å². The summed E-state index contributed by atoms with van der Waals surface area (Å²) in [6.07, 6.45) is 3.86. The zero-order chi connectivity index (χ0) is 4.83. The normalized spacial score (nSPS) is 7.00. The molecule has 44 valence electrons. The molecule has 0 aromatic carbocycles. The average Bonchev–Trinajstić information content (AvgIpc) is 1.61. The van der Waals surface area contributed by atoms with E-state index in [-0.39, 0.29) is 23.9 Å². The van der Waals surface area contributed by atoms with Crippen LogP contribution in [0.2, 0.25) is 0 Å². The van der Waals surface area contributed by atoms with Crippen molar-refractivity contribution in [3.63, 3.8) is 0 Å². The first kappa shape index (κ1) is 10.4. The molecule has 0 bridgehead atoms. The van der Waals surface area contributed by atoms with E-state index < -0.39 is 0 Å². The van der Waals surface area contributed by atoms with Crippen LogP contribution in [-0.4, -0.2) is 30.2 Å². The topological polar surface area (TPSA) is 17.1 Å². The number of carbonyl (C=O) groups is 1. The zero-order valence-corrected chi connectivity index (χ0v) is 4.11. The Morgan fingerprint density at radius 2 is 2.14 bits per heavy atom. The fourth-order valence-electron chi connectivity index (χ4n) is 0.287. The van der Waals surface area contributed by atoms with Crippen molar-refractivity contribution in [2.75, 3.05) is 0 Å². The van der Waals surface area contributed by atoms with Gasteiger partial charge < -0.3 is 4.79 Å². The van der Waals surface area contributed by atoms with Crippen molar-refractivity contribution in [3.05, 3.63) is 0 Å². The van der Waals surface area contributed by atoms with Crippen LogP contribution < -0.4 is 0 Å². The van der Waals surface area contributed by atoms with Crippen molar-refractivity contribution in [3.8, 4) is 0 Å². The van der Waals surface area contributed by atoms with Crippen molar-refractivity contribution >= 4 is 30.2 Å². The maximum atomic E-state index is 9.56. The standard InChI is InChI=1S/C5H10O.Sn.4H/c1-2-3-4-5-6;;;;;/h5H,2-4H2,1H3;;;;;. The third-order valence-corrected chi connectivity index (χ3v) is 0.676. The Labute approximate surface area is 61.4 Å². The fraction of sp³-hybridized carbons (Fsp3) is 0.800. The molecule has 2 heteroatoms. The third-order valence-electron chi connectivity index (χ3n) is 0.676. The molecule has 0 unspecified atom stereocenters. The molecular formula is C5H14OSn. The molecule has 1 nitrogen and oxygen atoms in total. The van der Waals surface area contributed by atoms with Gasteiger partial charge in [-0.05, 0) is 6.42 Å². The van der Waals surface area contributed by atoms with Crippen LogP contribution in [0.3, 0.4) is 0 Å².